The van der Waals surface area contributed by atoms with Gasteiger partial charge in [0.1, 0.15) is 11.6 Å². The Bertz CT molecular complexity index is 548. The minimum Gasteiger partial charge on any atom is -0.444 e. The maximum absolute atomic E-state index is 13.2. The average molecular weight is 382 g/mol. The molecule has 7 nitrogen and oxygen atoms in total. The van der Waals surface area contributed by atoms with Gasteiger partial charge in [0.2, 0.25) is 5.91 Å². The molecular weight excluding hydrogens is 346 g/mol. The van der Waals surface area contributed by atoms with Crippen LogP contribution >= 0.6 is 0 Å². The summed E-state index contributed by atoms with van der Waals surface area (Å²) in [4.78, 5) is 31.6. The van der Waals surface area contributed by atoms with Crippen LogP contribution in [0.5, 0.6) is 0 Å². The number of morpholine rings is 1. The molecule has 3 aliphatic heterocycles. The van der Waals surface area contributed by atoms with E-state index >= 15 is 0 Å². The van der Waals surface area contributed by atoms with Gasteiger partial charge in [-0.05, 0) is 40.2 Å². The molecule has 0 spiro atoms. The van der Waals surface area contributed by atoms with Gasteiger partial charge in [0.15, 0.2) is 0 Å². The van der Waals surface area contributed by atoms with Crippen molar-refractivity contribution in [2.24, 2.45) is 5.92 Å². The monoisotopic (exact) mass is 381 g/mol. The molecule has 0 bridgehead atoms. The Hall–Kier alpha value is -1.34. The van der Waals surface area contributed by atoms with Gasteiger partial charge in [-0.25, -0.2) is 4.79 Å². The Morgan fingerprint density at radius 2 is 1.96 bits per heavy atom. The van der Waals surface area contributed by atoms with Gasteiger partial charge in [0.25, 0.3) is 0 Å². The minimum atomic E-state index is -0.498. The normalized spacial score (nSPS) is 29.1. The summed E-state index contributed by atoms with van der Waals surface area (Å²) in [6.07, 6.45) is 2.89. The van der Waals surface area contributed by atoms with Crippen LogP contribution in [0.2, 0.25) is 0 Å². The van der Waals surface area contributed by atoms with Crippen molar-refractivity contribution in [3.63, 3.8) is 0 Å². The third kappa shape index (κ3) is 4.74. The number of hydrogen-bond acceptors (Lipinski definition) is 5. The van der Waals surface area contributed by atoms with Gasteiger partial charge >= 0.3 is 6.09 Å². The predicted octanol–water partition coefficient (Wildman–Crippen LogP) is 1.96. The number of nitrogens with zero attached hydrogens (tertiary/aromatic N) is 3. The summed E-state index contributed by atoms with van der Waals surface area (Å²) < 4.78 is 11.1. The van der Waals surface area contributed by atoms with Crippen molar-refractivity contribution in [2.45, 2.75) is 64.6 Å². The number of carbonyl (C=O) groups excluding carboxylic acids is 2. The molecule has 0 saturated carbocycles. The second-order valence-corrected chi connectivity index (χ2v) is 9.01. The summed E-state index contributed by atoms with van der Waals surface area (Å²) in [6.45, 7) is 12.9. The van der Waals surface area contributed by atoms with Crippen molar-refractivity contribution in [2.75, 3.05) is 45.9 Å². The lowest BCUT2D eigenvalue weighted by atomic mass is 9.81. The number of amides is 2. The van der Waals surface area contributed by atoms with Gasteiger partial charge in [-0.3, -0.25) is 9.69 Å². The number of carbonyl (C=O) groups is 2. The van der Waals surface area contributed by atoms with Crippen molar-refractivity contribution < 1.29 is 19.1 Å². The predicted molar refractivity (Wildman–Crippen MR) is 103 cm³/mol. The smallest absolute Gasteiger partial charge is 0.410 e. The van der Waals surface area contributed by atoms with E-state index in [1.807, 2.05) is 25.7 Å². The highest BCUT2D eigenvalue weighted by Gasteiger charge is 2.48. The number of hydrogen-bond donors (Lipinski definition) is 0. The molecule has 3 fully saturated rings. The van der Waals surface area contributed by atoms with Crippen LogP contribution in [0.25, 0.3) is 0 Å². The first kappa shape index (κ1) is 20.4. The molecule has 3 rings (SSSR count). The second-order valence-electron chi connectivity index (χ2n) is 9.01. The maximum Gasteiger partial charge on any atom is 0.410 e. The van der Waals surface area contributed by atoms with E-state index in [2.05, 4.69) is 11.8 Å². The Balaban J connectivity index is 1.59. The zero-order valence-corrected chi connectivity index (χ0v) is 17.3. The molecule has 3 heterocycles. The van der Waals surface area contributed by atoms with Gasteiger partial charge in [0.05, 0.1) is 19.3 Å². The number of unbranched alkanes of at least 4 members (excludes halogenated alkanes) is 1. The summed E-state index contributed by atoms with van der Waals surface area (Å²) in [5, 5.41) is 0. The lowest BCUT2D eigenvalue weighted by Gasteiger charge is -2.54. The number of fused-ring (bicyclic) bond motifs is 1. The standard InChI is InChI=1S/C20H35N3O4/c1-5-6-8-21-10-11-26-14-17(21)18(24)23-12-15-7-9-22(13-16(15)23)19(25)27-20(2,3)4/h15-17H,5-14H2,1-4H3/t15-,16-,17?/m1/s1. The highest BCUT2D eigenvalue weighted by Crippen LogP contribution is 2.34. The largest absolute Gasteiger partial charge is 0.444 e. The lowest BCUT2D eigenvalue weighted by Crippen LogP contribution is -2.69. The van der Waals surface area contributed by atoms with Gasteiger partial charge in [0, 0.05) is 32.1 Å². The Labute approximate surface area is 162 Å². The van der Waals surface area contributed by atoms with E-state index in [4.69, 9.17) is 9.47 Å². The average Bonchev–Trinajstić information content (AvgIpc) is 2.59. The Kier molecular flexibility index (Phi) is 6.31. The van der Waals surface area contributed by atoms with Gasteiger partial charge in [-0.1, -0.05) is 13.3 Å². The molecule has 0 aromatic carbocycles. The van der Waals surface area contributed by atoms with Gasteiger partial charge < -0.3 is 19.3 Å². The van der Waals surface area contributed by atoms with E-state index in [1.54, 1.807) is 4.90 Å². The highest BCUT2D eigenvalue weighted by molar-refractivity contribution is 5.83. The van der Waals surface area contributed by atoms with E-state index in [9.17, 15) is 9.59 Å². The summed E-state index contributed by atoms with van der Waals surface area (Å²) in [5.74, 6) is 0.666. The SMILES string of the molecule is CCCCN1CCOCC1C(=O)N1C[C@H]2CCN(C(=O)OC(C)(C)C)C[C@H]21. The molecule has 3 aliphatic rings. The van der Waals surface area contributed by atoms with Crippen molar-refractivity contribution >= 4 is 12.0 Å². The lowest BCUT2D eigenvalue weighted by molar-refractivity contribution is -0.159. The molecule has 3 atom stereocenters. The van der Waals surface area contributed by atoms with Crippen LogP contribution in [-0.2, 0) is 14.3 Å². The van der Waals surface area contributed by atoms with E-state index in [-0.39, 0.29) is 24.1 Å². The van der Waals surface area contributed by atoms with Gasteiger partial charge in [-0.2, -0.15) is 0 Å². The third-order valence-electron chi connectivity index (χ3n) is 5.81. The third-order valence-corrected chi connectivity index (χ3v) is 5.81. The molecule has 3 saturated heterocycles. The number of likely N-dealkylation sites (tertiary alicyclic amines) is 2. The zero-order chi connectivity index (χ0) is 19.6. The first-order chi connectivity index (χ1) is 12.8. The Morgan fingerprint density at radius 3 is 2.67 bits per heavy atom. The quantitative estimate of drug-likeness (QED) is 0.745. The molecule has 7 heteroatoms. The summed E-state index contributed by atoms with van der Waals surface area (Å²) in [5.41, 5.74) is -0.498. The highest BCUT2D eigenvalue weighted by atomic mass is 16.6. The van der Waals surface area contributed by atoms with Crippen LogP contribution in [0, 0.1) is 5.92 Å². The number of piperidine rings is 1. The summed E-state index contributed by atoms with van der Waals surface area (Å²) in [7, 11) is 0. The van der Waals surface area contributed by atoms with E-state index in [0.29, 0.717) is 32.2 Å². The van der Waals surface area contributed by atoms with Crippen LogP contribution in [-0.4, -0.2) is 90.3 Å². The molecule has 27 heavy (non-hydrogen) atoms. The van der Waals surface area contributed by atoms with Crippen LogP contribution in [0.1, 0.15) is 47.0 Å². The van der Waals surface area contributed by atoms with Crippen LogP contribution in [0.4, 0.5) is 4.79 Å². The van der Waals surface area contributed by atoms with Crippen LogP contribution in [0.3, 0.4) is 0 Å². The summed E-state index contributed by atoms with van der Waals surface area (Å²) in [6, 6.07) is -0.0585. The van der Waals surface area contributed by atoms with Crippen molar-refractivity contribution in [1.82, 2.24) is 14.7 Å². The molecule has 0 aromatic rings. The molecule has 1 unspecified atom stereocenters. The molecule has 0 radical (unpaired) electrons. The number of rotatable bonds is 4. The van der Waals surface area contributed by atoms with Crippen molar-refractivity contribution in [3.8, 4) is 0 Å². The van der Waals surface area contributed by atoms with Crippen LogP contribution < -0.4 is 0 Å². The zero-order valence-electron chi connectivity index (χ0n) is 17.3. The molecule has 0 aliphatic carbocycles. The maximum atomic E-state index is 13.2. The molecule has 0 aromatic heterocycles. The van der Waals surface area contributed by atoms with E-state index < -0.39 is 5.60 Å². The molecule has 0 N–H and O–H groups in total. The topological polar surface area (TPSA) is 62.3 Å². The Morgan fingerprint density at radius 1 is 1.19 bits per heavy atom. The van der Waals surface area contributed by atoms with E-state index in [0.717, 1.165) is 38.9 Å². The molecule has 2 amide bonds. The molecular formula is C20H35N3O4. The van der Waals surface area contributed by atoms with Gasteiger partial charge in [-0.15, -0.1) is 0 Å². The first-order valence-corrected chi connectivity index (χ1v) is 10.4. The minimum absolute atomic E-state index is 0.119. The summed E-state index contributed by atoms with van der Waals surface area (Å²) >= 11 is 0. The second kappa shape index (κ2) is 8.35. The fraction of sp³-hybridized carbons (Fsp3) is 0.900. The fourth-order valence-corrected chi connectivity index (χ4v) is 4.23. The van der Waals surface area contributed by atoms with Crippen molar-refractivity contribution in [1.29, 1.82) is 0 Å². The molecule has 154 valence electrons. The van der Waals surface area contributed by atoms with Crippen molar-refractivity contribution in [3.05, 3.63) is 0 Å². The number of ether oxygens (including phenoxy) is 2. The first-order valence-electron chi connectivity index (χ1n) is 10.4. The van der Waals surface area contributed by atoms with Crippen LogP contribution in [0.15, 0.2) is 0 Å². The van der Waals surface area contributed by atoms with E-state index in [1.165, 1.54) is 0 Å². The fourth-order valence-electron chi connectivity index (χ4n) is 4.23.